The van der Waals surface area contributed by atoms with Crippen molar-refractivity contribution in [2.45, 2.75) is 56.6 Å². The number of nitrogens with one attached hydrogen (secondary N) is 3. The molecule has 2 aromatic carbocycles. The molecule has 0 saturated carbocycles. The van der Waals surface area contributed by atoms with E-state index in [-0.39, 0.29) is 44.3 Å². The molecular weight excluding hydrogens is 580 g/mol. The molecule has 42 heavy (non-hydrogen) atoms. The molecular formula is C29H39ClN6O5S. The number of hydrogen-bond acceptors (Lipinski definition) is 7. The Kier molecular flexibility index (Phi) is 11.3. The smallest absolute Gasteiger partial charge is 0.244 e. The third kappa shape index (κ3) is 8.74. The highest BCUT2D eigenvalue weighted by molar-refractivity contribution is 7.88. The van der Waals surface area contributed by atoms with Gasteiger partial charge in [0, 0.05) is 50.8 Å². The lowest BCUT2D eigenvalue weighted by molar-refractivity contribution is -0.145. The van der Waals surface area contributed by atoms with E-state index in [2.05, 4.69) is 15.4 Å². The van der Waals surface area contributed by atoms with Crippen molar-refractivity contribution in [2.24, 2.45) is 5.73 Å². The third-order valence-corrected chi connectivity index (χ3v) is 9.17. The van der Waals surface area contributed by atoms with Gasteiger partial charge in [-0.2, -0.15) is 0 Å². The Hall–Kier alpha value is -3.03. The van der Waals surface area contributed by atoms with Crippen LogP contribution in [-0.2, 0) is 43.2 Å². The number of carbonyl (C=O) groups excluding carboxylic acids is 3. The Morgan fingerprint density at radius 3 is 2.48 bits per heavy atom. The van der Waals surface area contributed by atoms with Crippen LogP contribution in [0.3, 0.4) is 0 Å². The van der Waals surface area contributed by atoms with Gasteiger partial charge < -0.3 is 26.2 Å². The first-order chi connectivity index (χ1) is 20.2. The van der Waals surface area contributed by atoms with Crippen molar-refractivity contribution in [1.29, 1.82) is 0 Å². The van der Waals surface area contributed by atoms with Gasteiger partial charge in [0.1, 0.15) is 12.1 Å². The maximum atomic E-state index is 14.0. The maximum absolute atomic E-state index is 14.0. The molecule has 0 aromatic heterocycles. The van der Waals surface area contributed by atoms with E-state index in [4.69, 9.17) is 17.3 Å². The zero-order chi connectivity index (χ0) is 30.1. The van der Waals surface area contributed by atoms with Crippen LogP contribution in [-0.4, -0.2) is 80.7 Å². The van der Waals surface area contributed by atoms with Crippen molar-refractivity contribution in [2.75, 3.05) is 32.7 Å². The second-order valence-corrected chi connectivity index (χ2v) is 12.8. The number of benzene rings is 2. The quantitative estimate of drug-likeness (QED) is 0.294. The molecule has 2 aliphatic rings. The minimum atomic E-state index is -4.00. The minimum absolute atomic E-state index is 0.158. The topological polar surface area (TPSA) is 154 Å². The number of rotatable bonds is 11. The fraction of sp³-hybridized carbons (Fsp3) is 0.483. The molecule has 1 unspecified atom stereocenters. The standard InChI is InChI=1S/C29H39ClN6O5S/c30-24-10-9-22(17-31)23(15-24)18-33-28(38)26-19-32-11-14-36(26)29(39)25(16-27(37)35-12-5-2-6-13-35)34-42(40,41)20-21-7-3-1-4-8-21/h1,3-4,7-10,15,25-26,32,34H,2,5-6,11-14,16-20,31H2,(H,33,38)/t25?,26-/m0/s1. The number of piperidine rings is 1. The van der Waals surface area contributed by atoms with Crippen LogP contribution in [0, 0.1) is 0 Å². The second-order valence-electron chi connectivity index (χ2n) is 10.6. The lowest BCUT2D eigenvalue weighted by Crippen LogP contribution is -2.63. The Labute approximate surface area is 252 Å². The van der Waals surface area contributed by atoms with Gasteiger partial charge in [-0.25, -0.2) is 13.1 Å². The molecule has 0 radical (unpaired) electrons. The monoisotopic (exact) mass is 618 g/mol. The fourth-order valence-corrected chi connectivity index (χ4v) is 6.87. The van der Waals surface area contributed by atoms with Crippen LogP contribution >= 0.6 is 11.6 Å². The molecule has 13 heteroatoms. The van der Waals surface area contributed by atoms with E-state index in [0.717, 1.165) is 30.4 Å². The van der Waals surface area contributed by atoms with Gasteiger partial charge in [0.05, 0.1) is 12.2 Å². The summed E-state index contributed by atoms with van der Waals surface area (Å²) >= 11 is 6.14. The minimum Gasteiger partial charge on any atom is -0.350 e. The summed E-state index contributed by atoms with van der Waals surface area (Å²) in [6.07, 6.45) is 2.42. The predicted molar refractivity (Wildman–Crippen MR) is 161 cm³/mol. The predicted octanol–water partition coefficient (Wildman–Crippen LogP) is 1.11. The number of halogens is 1. The van der Waals surface area contributed by atoms with E-state index >= 15 is 0 Å². The van der Waals surface area contributed by atoms with E-state index in [1.807, 2.05) is 0 Å². The largest absolute Gasteiger partial charge is 0.350 e. The van der Waals surface area contributed by atoms with Crippen LogP contribution in [0.4, 0.5) is 0 Å². The molecule has 2 atom stereocenters. The third-order valence-electron chi connectivity index (χ3n) is 7.58. The highest BCUT2D eigenvalue weighted by Crippen LogP contribution is 2.18. The number of sulfonamides is 1. The van der Waals surface area contributed by atoms with E-state index in [9.17, 15) is 22.8 Å². The van der Waals surface area contributed by atoms with Crippen LogP contribution in [0.25, 0.3) is 0 Å². The van der Waals surface area contributed by atoms with E-state index in [0.29, 0.717) is 30.2 Å². The van der Waals surface area contributed by atoms with Crippen molar-refractivity contribution >= 4 is 39.3 Å². The molecule has 2 saturated heterocycles. The molecule has 0 bridgehead atoms. The average molecular weight is 619 g/mol. The summed E-state index contributed by atoms with van der Waals surface area (Å²) < 4.78 is 28.9. The fourth-order valence-electron chi connectivity index (χ4n) is 5.34. The number of nitrogens with zero attached hydrogens (tertiary/aromatic N) is 2. The van der Waals surface area contributed by atoms with Crippen molar-refractivity contribution in [1.82, 2.24) is 25.2 Å². The van der Waals surface area contributed by atoms with Crippen molar-refractivity contribution in [3.05, 3.63) is 70.2 Å². The first kappa shape index (κ1) is 31.9. The van der Waals surface area contributed by atoms with Crippen LogP contribution in [0.15, 0.2) is 48.5 Å². The molecule has 11 nitrogen and oxygen atoms in total. The molecule has 0 spiro atoms. The summed E-state index contributed by atoms with van der Waals surface area (Å²) in [6, 6.07) is 11.6. The zero-order valence-electron chi connectivity index (χ0n) is 23.6. The Morgan fingerprint density at radius 1 is 1.02 bits per heavy atom. The number of likely N-dealkylation sites (tertiary alicyclic amines) is 1. The van der Waals surface area contributed by atoms with Gasteiger partial charge in [0.15, 0.2) is 0 Å². The number of hydrogen-bond donors (Lipinski definition) is 4. The second kappa shape index (κ2) is 14.9. The normalized spacial score (nSPS) is 18.4. The first-order valence-corrected chi connectivity index (χ1v) is 16.3. The summed E-state index contributed by atoms with van der Waals surface area (Å²) in [4.78, 5) is 43.6. The molecule has 5 N–H and O–H groups in total. The van der Waals surface area contributed by atoms with E-state index < -0.39 is 33.9 Å². The number of carbonyl (C=O) groups is 3. The zero-order valence-corrected chi connectivity index (χ0v) is 25.1. The van der Waals surface area contributed by atoms with Gasteiger partial charge in [-0.15, -0.1) is 0 Å². The molecule has 2 aliphatic heterocycles. The summed E-state index contributed by atoms with van der Waals surface area (Å²) in [7, 11) is -4.00. The summed E-state index contributed by atoms with van der Waals surface area (Å²) in [5.74, 6) is -1.65. The summed E-state index contributed by atoms with van der Waals surface area (Å²) in [5.41, 5.74) is 7.98. The molecule has 2 aromatic rings. The molecule has 0 aliphatic carbocycles. The molecule has 4 rings (SSSR count). The lowest BCUT2D eigenvalue weighted by Gasteiger charge is -2.37. The van der Waals surface area contributed by atoms with Crippen LogP contribution in [0.1, 0.15) is 42.4 Å². The molecule has 2 fully saturated rings. The first-order valence-electron chi connectivity index (χ1n) is 14.2. The molecule has 2 heterocycles. The summed E-state index contributed by atoms with van der Waals surface area (Å²) in [5, 5.41) is 6.51. The molecule has 228 valence electrons. The van der Waals surface area contributed by atoms with Crippen LogP contribution in [0.5, 0.6) is 0 Å². The number of piperazine rings is 1. The highest BCUT2D eigenvalue weighted by Gasteiger charge is 2.38. The molecule has 3 amide bonds. The SMILES string of the molecule is NCc1ccc(Cl)cc1CNC(=O)[C@@H]1CNCCN1C(=O)C(CC(=O)N1CCCCC1)NS(=O)(=O)Cc1ccccc1. The van der Waals surface area contributed by atoms with Gasteiger partial charge >= 0.3 is 0 Å². The number of amides is 3. The Morgan fingerprint density at radius 2 is 1.76 bits per heavy atom. The highest BCUT2D eigenvalue weighted by atomic mass is 35.5. The Balaban J connectivity index is 1.52. The van der Waals surface area contributed by atoms with Gasteiger partial charge in [0.25, 0.3) is 0 Å². The van der Waals surface area contributed by atoms with Gasteiger partial charge in [-0.05, 0) is 48.1 Å². The van der Waals surface area contributed by atoms with Crippen molar-refractivity contribution < 1.29 is 22.8 Å². The van der Waals surface area contributed by atoms with E-state index in [1.54, 1.807) is 53.4 Å². The Bertz CT molecular complexity index is 1350. The summed E-state index contributed by atoms with van der Waals surface area (Å²) in [6.45, 7) is 2.36. The van der Waals surface area contributed by atoms with Crippen molar-refractivity contribution in [3.8, 4) is 0 Å². The van der Waals surface area contributed by atoms with Crippen LogP contribution < -0.4 is 21.1 Å². The number of nitrogens with two attached hydrogens (primary N) is 1. The maximum Gasteiger partial charge on any atom is 0.244 e. The van der Waals surface area contributed by atoms with Gasteiger partial charge in [-0.1, -0.05) is 48.0 Å². The van der Waals surface area contributed by atoms with E-state index in [1.165, 1.54) is 4.90 Å². The average Bonchev–Trinajstić information content (AvgIpc) is 2.99. The van der Waals surface area contributed by atoms with Crippen LogP contribution in [0.2, 0.25) is 5.02 Å². The van der Waals surface area contributed by atoms with Gasteiger partial charge in [0.2, 0.25) is 27.7 Å². The lowest BCUT2D eigenvalue weighted by atomic mass is 10.1. The van der Waals surface area contributed by atoms with Crippen molar-refractivity contribution in [3.63, 3.8) is 0 Å². The van der Waals surface area contributed by atoms with Gasteiger partial charge in [-0.3, -0.25) is 14.4 Å².